The minimum Gasteiger partial charge on any atom is -0.447 e. The molecule has 1 aliphatic heterocycles. The van der Waals surface area contributed by atoms with E-state index >= 15 is 0 Å². The molecule has 2 amide bonds. The van der Waals surface area contributed by atoms with E-state index in [-0.39, 0.29) is 5.91 Å². The molecule has 0 atom stereocenters. The monoisotopic (exact) mass is 239 g/mol. The van der Waals surface area contributed by atoms with Crippen LogP contribution in [0.25, 0.3) is 0 Å². The number of amides is 2. The van der Waals surface area contributed by atoms with Crippen LogP contribution in [0.3, 0.4) is 0 Å². The van der Waals surface area contributed by atoms with E-state index in [1.54, 1.807) is 0 Å². The molecule has 0 unspecified atom stereocenters. The van der Waals surface area contributed by atoms with Gasteiger partial charge in [0.25, 0.3) is 0 Å². The molecule has 96 valence electrons. The van der Waals surface area contributed by atoms with Gasteiger partial charge in [0.15, 0.2) is 0 Å². The highest BCUT2D eigenvalue weighted by molar-refractivity contribution is 5.92. The number of hydrogen-bond donors (Lipinski definition) is 0. The number of rotatable bonds is 6. The van der Waals surface area contributed by atoms with Crippen molar-refractivity contribution in [3.63, 3.8) is 0 Å². The minimum atomic E-state index is -0.487. The number of carbonyl (C=O) groups is 2. The molecule has 0 bridgehead atoms. The largest absolute Gasteiger partial charge is 0.447 e. The number of allylic oxidation sites excluding steroid dienone is 2. The van der Waals surface area contributed by atoms with Crippen molar-refractivity contribution in [2.45, 2.75) is 46.0 Å². The second-order valence-corrected chi connectivity index (χ2v) is 4.54. The number of ether oxygens (including phenoxy) is 1. The van der Waals surface area contributed by atoms with E-state index in [2.05, 4.69) is 19.9 Å². The molecule has 0 N–H and O–H groups in total. The minimum absolute atomic E-state index is 0.102. The predicted molar refractivity (Wildman–Crippen MR) is 65.6 cm³/mol. The molecule has 17 heavy (non-hydrogen) atoms. The van der Waals surface area contributed by atoms with Gasteiger partial charge in [-0.3, -0.25) is 4.79 Å². The number of nitrogens with zero attached hydrogens (tertiary/aromatic N) is 1. The fourth-order valence-electron chi connectivity index (χ4n) is 1.74. The fraction of sp³-hybridized carbons (Fsp3) is 0.692. The first kappa shape index (κ1) is 13.7. The zero-order chi connectivity index (χ0) is 12.7. The highest BCUT2D eigenvalue weighted by Crippen LogP contribution is 2.10. The standard InChI is InChI=1S/C13H21NO3/c1-11(2)7-5-3-4-6-8-12(15)14-9-10-17-13(14)16/h7H,3-6,8-10H2,1-2H3. The molecule has 0 aromatic carbocycles. The molecule has 0 saturated carbocycles. The summed E-state index contributed by atoms with van der Waals surface area (Å²) >= 11 is 0. The molecular formula is C13H21NO3. The van der Waals surface area contributed by atoms with E-state index in [4.69, 9.17) is 4.74 Å². The fourth-order valence-corrected chi connectivity index (χ4v) is 1.74. The van der Waals surface area contributed by atoms with Gasteiger partial charge in [0.05, 0.1) is 6.54 Å². The summed E-state index contributed by atoms with van der Waals surface area (Å²) in [7, 11) is 0. The van der Waals surface area contributed by atoms with E-state index in [0.29, 0.717) is 19.6 Å². The summed E-state index contributed by atoms with van der Waals surface area (Å²) in [6, 6.07) is 0. The zero-order valence-electron chi connectivity index (χ0n) is 10.7. The number of unbranched alkanes of at least 4 members (excludes halogenated alkanes) is 3. The first-order valence-electron chi connectivity index (χ1n) is 6.21. The quantitative estimate of drug-likeness (QED) is 0.529. The second-order valence-electron chi connectivity index (χ2n) is 4.54. The van der Waals surface area contributed by atoms with Gasteiger partial charge >= 0.3 is 6.09 Å². The average Bonchev–Trinajstić information content (AvgIpc) is 2.69. The molecule has 0 spiro atoms. The van der Waals surface area contributed by atoms with Crippen molar-refractivity contribution < 1.29 is 14.3 Å². The summed E-state index contributed by atoms with van der Waals surface area (Å²) in [5, 5.41) is 0. The van der Waals surface area contributed by atoms with Gasteiger partial charge in [-0.25, -0.2) is 9.69 Å². The first-order chi connectivity index (χ1) is 8.11. The van der Waals surface area contributed by atoms with Crippen molar-refractivity contribution in [3.05, 3.63) is 11.6 Å². The molecule has 1 heterocycles. The van der Waals surface area contributed by atoms with Gasteiger partial charge in [-0.2, -0.15) is 0 Å². The molecule has 4 heteroatoms. The van der Waals surface area contributed by atoms with E-state index in [1.807, 2.05) is 0 Å². The summed E-state index contributed by atoms with van der Waals surface area (Å²) < 4.78 is 4.72. The lowest BCUT2D eigenvalue weighted by atomic mass is 10.1. The number of cyclic esters (lactones) is 1. The van der Waals surface area contributed by atoms with Crippen LogP contribution in [-0.4, -0.2) is 30.1 Å². The van der Waals surface area contributed by atoms with Crippen LogP contribution in [0, 0.1) is 0 Å². The van der Waals surface area contributed by atoms with Crippen molar-refractivity contribution in [1.82, 2.24) is 4.90 Å². The van der Waals surface area contributed by atoms with Gasteiger partial charge in [-0.05, 0) is 33.1 Å². The Morgan fingerprint density at radius 1 is 1.35 bits per heavy atom. The van der Waals surface area contributed by atoms with Crippen molar-refractivity contribution in [1.29, 1.82) is 0 Å². The molecule has 0 aliphatic carbocycles. The van der Waals surface area contributed by atoms with Gasteiger partial charge in [-0.15, -0.1) is 0 Å². The number of hydrogen-bond acceptors (Lipinski definition) is 3. The predicted octanol–water partition coefficient (Wildman–Crippen LogP) is 2.88. The van der Waals surface area contributed by atoms with E-state index in [1.165, 1.54) is 10.5 Å². The molecule has 1 fully saturated rings. The van der Waals surface area contributed by atoms with Crippen LogP contribution >= 0.6 is 0 Å². The lowest BCUT2D eigenvalue weighted by molar-refractivity contribution is -0.127. The highest BCUT2D eigenvalue weighted by atomic mass is 16.6. The van der Waals surface area contributed by atoms with Gasteiger partial charge in [0.1, 0.15) is 6.61 Å². The van der Waals surface area contributed by atoms with Crippen LogP contribution < -0.4 is 0 Å². The Hall–Kier alpha value is -1.32. The molecule has 1 rings (SSSR count). The third-order valence-electron chi connectivity index (χ3n) is 2.71. The Labute approximate surface area is 103 Å². The summed E-state index contributed by atoms with van der Waals surface area (Å²) in [5.41, 5.74) is 1.33. The van der Waals surface area contributed by atoms with Crippen molar-refractivity contribution in [2.24, 2.45) is 0 Å². The van der Waals surface area contributed by atoms with Crippen molar-refractivity contribution in [2.75, 3.05) is 13.2 Å². The molecule has 4 nitrogen and oxygen atoms in total. The van der Waals surface area contributed by atoms with Gasteiger partial charge < -0.3 is 4.74 Å². The van der Waals surface area contributed by atoms with Crippen molar-refractivity contribution >= 4 is 12.0 Å². The van der Waals surface area contributed by atoms with Crippen LogP contribution in [0.5, 0.6) is 0 Å². The molecular weight excluding hydrogens is 218 g/mol. The maximum atomic E-state index is 11.6. The summed E-state index contributed by atoms with van der Waals surface area (Å²) in [6.45, 7) is 4.92. The Kier molecular flexibility index (Phi) is 5.73. The molecule has 0 aromatic heterocycles. The normalized spacial score (nSPS) is 14.7. The topological polar surface area (TPSA) is 46.6 Å². The summed E-state index contributed by atoms with van der Waals surface area (Å²) in [6.07, 6.45) is 6.21. The lowest BCUT2D eigenvalue weighted by Crippen LogP contribution is -2.31. The number of carbonyl (C=O) groups excluding carboxylic acids is 2. The SMILES string of the molecule is CC(C)=CCCCCCC(=O)N1CCOC1=O. The Morgan fingerprint density at radius 3 is 2.71 bits per heavy atom. The van der Waals surface area contributed by atoms with E-state index < -0.39 is 6.09 Å². The van der Waals surface area contributed by atoms with Crippen LogP contribution in [0.15, 0.2) is 11.6 Å². The summed E-state index contributed by atoms with van der Waals surface area (Å²) in [5.74, 6) is -0.102. The summed E-state index contributed by atoms with van der Waals surface area (Å²) in [4.78, 5) is 23.9. The second kappa shape index (κ2) is 7.09. The average molecular weight is 239 g/mol. The van der Waals surface area contributed by atoms with Crippen LogP contribution in [0.4, 0.5) is 4.79 Å². The molecule has 0 radical (unpaired) electrons. The third kappa shape index (κ3) is 5.02. The smallest absolute Gasteiger partial charge is 0.416 e. The Bertz CT molecular complexity index is 306. The molecule has 0 aromatic rings. The van der Waals surface area contributed by atoms with Gasteiger partial charge in [0, 0.05) is 6.42 Å². The molecule has 1 saturated heterocycles. The Morgan fingerprint density at radius 2 is 2.12 bits per heavy atom. The molecule has 1 aliphatic rings. The Balaban J connectivity index is 2.08. The third-order valence-corrected chi connectivity index (χ3v) is 2.71. The first-order valence-corrected chi connectivity index (χ1v) is 6.21. The van der Waals surface area contributed by atoms with E-state index in [0.717, 1.165) is 25.7 Å². The maximum absolute atomic E-state index is 11.6. The van der Waals surface area contributed by atoms with Crippen LogP contribution in [-0.2, 0) is 9.53 Å². The lowest BCUT2D eigenvalue weighted by Gasteiger charge is -2.09. The van der Waals surface area contributed by atoms with E-state index in [9.17, 15) is 9.59 Å². The highest BCUT2D eigenvalue weighted by Gasteiger charge is 2.27. The maximum Gasteiger partial charge on any atom is 0.416 e. The zero-order valence-corrected chi connectivity index (χ0v) is 10.7. The van der Waals surface area contributed by atoms with Gasteiger partial charge in [-0.1, -0.05) is 18.1 Å². The van der Waals surface area contributed by atoms with Crippen LogP contribution in [0.2, 0.25) is 0 Å². The van der Waals surface area contributed by atoms with Gasteiger partial charge in [0.2, 0.25) is 5.91 Å². The number of imide groups is 1. The van der Waals surface area contributed by atoms with Crippen molar-refractivity contribution in [3.8, 4) is 0 Å². The van der Waals surface area contributed by atoms with Crippen LogP contribution in [0.1, 0.15) is 46.0 Å².